The van der Waals surface area contributed by atoms with Gasteiger partial charge in [0.2, 0.25) is 5.13 Å². The molecule has 0 aliphatic heterocycles. The maximum Gasteiger partial charge on any atom is 0.273 e. The van der Waals surface area contributed by atoms with E-state index in [0.29, 0.717) is 21.4 Å². The van der Waals surface area contributed by atoms with Gasteiger partial charge in [-0.2, -0.15) is 0 Å². The zero-order chi connectivity index (χ0) is 22.0. The molecular formula is C21H18N4O3S3. The van der Waals surface area contributed by atoms with Gasteiger partial charge in [-0.3, -0.25) is 14.4 Å². The van der Waals surface area contributed by atoms with Crippen LogP contribution in [-0.4, -0.2) is 31.6 Å². The number of thiophene rings is 1. The lowest BCUT2D eigenvalue weighted by molar-refractivity contribution is 0.102. The van der Waals surface area contributed by atoms with Crippen molar-refractivity contribution < 1.29 is 13.2 Å². The Kier molecular flexibility index (Phi) is 5.86. The molecule has 0 saturated heterocycles. The Hall–Kier alpha value is -3.08. The van der Waals surface area contributed by atoms with Gasteiger partial charge in [-0.25, -0.2) is 8.42 Å². The van der Waals surface area contributed by atoms with Gasteiger partial charge in [0.15, 0.2) is 0 Å². The molecule has 1 amide bonds. The average Bonchev–Trinajstić information content (AvgIpc) is 3.47. The van der Waals surface area contributed by atoms with Crippen LogP contribution in [0.4, 0.5) is 10.8 Å². The number of aryl methyl sites for hydroxylation is 1. The number of hydrogen-bond donors (Lipinski definition) is 1. The van der Waals surface area contributed by atoms with Crippen LogP contribution in [0.2, 0.25) is 0 Å². The molecule has 2 aromatic heterocycles. The van der Waals surface area contributed by atoms with Crippen LogP contribution in [0.1, 0.15) is 15.9 Å². The third-order valence-corrected chi connectivity index (χ3v) is 8.59. The number of carbonyl (C=O) groups is 1. The van der Waals surface area contributed by atoms with Gasteiger partial charge in [0.1, 0.15) is 9.22 Å². The molecule has 2 aromatic carbocycles. The third kappa shape index (κ3) is 4.50. The minimum absolute atomic E-state index is 0.262. The van der Waals surface area contributed by atoms with Gasteiger partial charge in [0, 0.05) is 18.2 Å². The van der Waals surface area contributed by atoms with Gasteiger partial charge in [0.25, 0.3) is 15.9 Å². The first kappa shape index (κ1) is 21.2. The highest BCUT2D eigenvalue weighted by Crippen LogP contribution is 2.28. The number of nitrogens with zero attached hydrogens (tertiary/aromatic N) is 3. The zero-order valence-electron chi connectivity index (χ0n) is 16.6. The van der Waals surface area contributed by atoms with Crippen molar-refractivity contribution in [1.29, 1.82) is 0 Å². The van der Waals surface area contributed by atoms with Crippen molar-refractivity contribution in [3.63, 3.8) is 0 Å². The van der Waals surface area contributed by atoms with Crippen LogP contribution in [0.15, 0.2) is 70.3 Å². The minimum atomic E-state index is -3.62. The van der Waals surface area contributed by atoms with E-state index in [-0.39, 0.29) is 10.1 Å². The highest BCUT2D eigenvalue weighted by atomic mass is 32.2. The van der Waals surface area contributed by atoms with E-state index in [0.717, 1.165) is 22.5 Å². The molecule has 0 saturated carbocycles. The highest BCUT2D eigenvalue weighted by molar-refractivity contribution is 7.94. The first-order valence-electron chi connectivity index (χ1n) is 9.19. The molecule has 1 N–H and O–H groups in total. The van der Waals surface area contributed by atoms with E-state index in [1.807, 2.05) is 31.2 Å². The monoisotopic (exact) mass is 470 g/mol. The fourth-order valence-electron chi connectivity index (χ4n) is 2.76. The fraction of sp³-hybridized carbons (Fsp3) is 0.0952. The molecule has 0 radical (unpaired) electrons. The molecule has 0 bridgehead atoms. The number of rotatable bonds is 6. The number of benzene rings is 2. The number of nitrogens with one attached hydrogen (secondary N) is 1. The molecule has 31 heavy (non-hydrogen) atoms. The maximum atomic E-state index is 12.6. The van der Waals surface area contributed by atoms with Gasteiger partial charge in [-0.1, -0.05) is 47.2 Å². The summed E-state index contributed by atoms with van der Waals surface area (Å²) in [7, 11) is -2.14. The second-order valence-corrected chi connectivity index (χ2v) is 10.8. The number of hydrogen-bond acceptors (Lipinski definition) is 7. The Bertz CT molecular complexity index is 1300. The summed E-state index contributed by atoms with van der Waals surface area (Å²) in [5.74, 6) is -0.345. The Morgan fingerprint density at radius 3 is 2.35 bits per heavy atom. The van der Waals surface area contributed by atoms with Crippen molar-refractivity contribution in [1.82, 2.24) is 10.2 Å². The predicted molar refractivity (Wildman–Crippen MR) is 124 cm³/mol. The quantitative estimate of drug-likeness (QED) is 0.443. The molecule has 2 heterocycles. The lowest BCUT2D eigenvalue weighted by Gasteiger charge is -2.18. The molecule has 0 atom stereocenters. The van der Waals surface area contributed by atoms with Crippen LogP contribution >= 0.6 is 22.7 Å². The summed E-state index contributed by atoms with van der Waals surface area (Å²) in [5.41, 5.74) is 2.93. The summed E-state index contributed by atoms with van der Waals surface area (Å²) in [6.45, 7) is 2.01. The smallest absolute Gasteiger partial charge is 0.273 e. The van der Waals surface area contributed by atoms with E-state index < -0.39 is 10.0 Å². The van der Waals surface area contributed by atoms with E-state index in [1.165, 1.54) is 22.7 Å². The first-order valence-corrected chi connectivity index (χ1v) is 12.3. The van der Waals surface area contributed by atoms with Gasteiger partial charge >= 0.3 is 0 Å². The third-order valence-electron chi connectivity index (χ3n) is 4.55. The van der Waals surface area contributed by atoms with Crippen molar-refractivity contribution in [3.05, 3.63) is 77.2 Å². The SMILES string of the molecule is Cc1ccc(-c2nnc(NC(=O)c3ccc(N(C)S(=O)(=O)c4cccs4)cc3)s2)cc1. The topological polar surface area (TPSA) is 92.3 Å². The Morgan fingerprint density at radius 2 is 1.71 bits per heavy atom. The van der Waals surface area contributed by atoms with Crippen LogP contribution in [0.3, 0.4) is 0 Å². The summed E-state index contributed by atoms with van der Waals surface area (Å²) in [4.78, 5) is 12.6. The van der Waals surface area contributed by atoms with Gasteiger partial charge < -0.3 is 0 Å². The summed E-state index contributed by atoms with van der Waals surface area (Å²) >= 11 is 2.44. The average molecular weight is 471 g/mol. The Labute approximate surface area is 188 Å². The summed E-state index contributed by atoms with van der Waals surface area (Å²) < 4.78 is 26.7. The molecule has 10 heteroatoms. The largest absolute Gasteiger partial charge is 0.296 e. The summed E-state index contributed by atoms with van der Waals surface area (Å²) in [6, 6.07) is 17.5. The minimum Gasteiger partial charge on any atom is -0.296 e. The van der Waals surface area contributed by atoms with E-state index in [1.54, 1.807) is 41.8 Å². The molecule has 4 aromatic rings. The van der Waals surface area contributed by atoms with Crippen LogP contribution in [-0.2, 0) is 10.0 Å². The van der Waals surface area contributed by atoms with Crippen molar-refractivity contribution in [2.75, 3.05) is 16.7 Å². The molecule has 7 nitrogen and oxygen atoms in total. The van der Waals surface area contributed by atoms with E-state index in [9.17, 15) is 13.2 Å². The van der Waals surface area contributed by atoms with Crippen molar-refractivity contribution in [2.45, 2.75) is 11.1 Å². The number of carbonyl (C=O) groups excluding carboxylic acids is 1. The fourth-order valence-corrected chi connectivity index (χ4v) is 5.86. The number of sulfonamides is 1. The lowest BCUT2D eigenvalue weighted by atomic mass is 10.2. The second kappa shape index (κ2) is 8.58. The van der Waals surface area contributed by atoms with Gasteiger partial charge in [0.05, 0.1) is 5.69 Å². The Balaban J connectivity index is 1.46. The highest BCUT2D eigenvalue weighted by Gasteiger charge is 2.22. The van der Waals surface area contributed by atoms with E-state index in [4.69, 9.17) is 0 Å². The normalized spacial score (nSPS) is 11.3. The second-order valence-electron chi connectivity index (χ2n) is 6.68. The number of anilines is 2. The summed E-state index contributed by atoms with van der Waals surface area (Å²) in [5, 5.41) is 13.7. The Morgan fingerprint density at radius 1 is 1.00 bits per heavy atom. The van der Waals surface area contributed by atoms with E-state index in [2.05, 4.69) is 15.5 Å². The van der Waals surface area contributed by atoms with Crippen molar-refractivity contribution in [2.24, 2.45) is 0 Å². The van der Waals surface area contributed by atoms with Crippen LogP contribution in [0.25, 0.3) is 10.6 Å². The van der Waals surface area contributed by atoms with Gasteiger partial charge in [-0.05, 0) is 42.6 Å². The molecule has 0 aliphatic carbocycles. The van der Waals surface area contributed by atoms with Gasteiger partial charge in [-0.15, -0.1) is 21.5 Å². The number of amides is 1. The predicted octanol–water partition coefficient (Wildman–Crippen LogP) is 4.65. The summed E-state index contributed by atoms with van der Waals surface area (Å²) in [6.07, 6.45) is 0. The van der Waals surface area contributed by atoms with Crippen molar-refractivity contribution in [3.8, 4) is 10.6 Å². The molecule has 0 aliphatic rings. The van der Waals surface area contributed by atoms with Crippen LogP contribution in [0.5, 0.6) is 0 Å². The molecule has 158 valence electrons. The molecule has 0 spiro atoms. The van der Waals surface area contributed by atoms with Crippen LogP contribution in [0, 0.1) is 6.92 Å². The first-order chi connectivity index (χ1) is 14.8. The number of aromatic nitrogens is 2. The van der Waals surface area contributed by atoms with E-state index >= 15 is 0 Å². The lowest BCUT2D eigenvalue weighted by Crippen LogP contribution is -2.25. The molecule has 4 rings (SSSR count). The molecule has 0 unspecified atom stereocenters. The molecule has 0 fully saturated rings. The maximum absolute atomic E-state index is 12.6. The van der Waals surface area contributed by atoms with Crippen LogP contribution < -0.4 is 9.62 Å². The van der Waals surface area contributed by atoms with Crippen molar-refractivity contribution >= 4 is 49.4 Å². The zero-order valence-corrected chi connectivity index (χ0v) is 19.1. The molecular weight excluding hydrogens is 452 g/mol. The standard InChI is InChI=1S/C21H18N4O3S3/c1-14-5-7-16(8-6-14)20-23-24-21(30-20)22-19(26)15-9-11-17(12-10-15)25(2)31(27,28)18-4-3-13-29-18/h3-13H,1-2H3,(H,22,24,26).